The van der Waals surface area contributed by atoms with Crippen LogP contribution in [-0.2, 0) is 0 Å². The molecule has 4 heteroatoms. The van der Waals surface area contributed by atoms with Crippen molar-refractivity contribution in [2.75, 3.05) is 0 Å². The summed E-state index contributed by atoms with van der Waals surface area (Å²) in [6.07, 6.45) is 2.40. The molecule has 0 bridgehead atoms. The fraction of sp³-hybridized carbons (Fsp3) is 0. The number of carboxylic acids is 1. The van der Waals surface area contributed by atoms with Crippen LogP contribution in [0.4, 0.5) is 0 Å². The maximum atomic E-state index is 10.4. The van der Waals surface area contributed by atoms with Crippen LogP contribution < -0.4 is 0 Å². The molecule has 58 valence electrons. The molecule has 0 saturated carbocycles. The van der Waals surface area contributed by atoms with Gasteiger partial charge in [0, 0.05) is 0 Å². The zero-order chi connectivity index (χ0) is 8.10. The summed E-state index contributed by atoms with van der Waals surface area (Å²) in [5.74, 6) is -1.00. The Morgan fingerprint density at radius 2 is 2.00 bits per heavy atom. The number of aromatic carboxylic acids is 1. The van der Waals surface area contributed by atoms with Crippen molar-refractivity contribution >= 4 is 5.97 Å². The number of hydrogen-bond acceptors (Lipinski definition) is 3. The molecule has 1 aromatic rings. The highest BCUT2D eigenvalue weighted by atomic mass is 17.0. The minimum atomic E-state index is -1.00. The normalized spacial score (nSPS) is 8.73. The molecule has 0 unspecified atom stereocenters. The van der Waals surface area contributed by atoms with Crippen LogP contribution >= 0.6 is 0 Å². The van der Waals surface area contributed by atoms with E-state index in [1.807, 2.05) is 0 Å². The zero-order valence-corrected chi connectivity index (χ0v) is 5.56. The molecule has 0 radical (unpaired) electrons. The van der Waals surface area contributed by atoms with Gasteiger partial charge in [0.1, 0.15) is 12.5 Å². The van der Waals surface area contributed by atoms with Crippen LogP contribution in [0.5, 0.6) is 0 Å². The first-order valence-electron chi connectivity index (χ1n) is 2.89. The van der Waals surface area contributed by atoms with Gasteiger partial charge in [-0.05, 0) is 18.2 Å². The molecular weight excluding hydrogens is 148 g/mol. The van der Waals surface area contributed by atoms with Crippen molar-refractivity contribution in [2.24, 2.45) is 0 Å². The van der Waals surface area contributed by atoms with Gasteiger partial charge in [0.25, 0.3) is 0 Å². The average Bonchev–Trinajstić information content (AvgIpc) is 1.84. The van der Waals surface area contributed by atoms with Crippen LogP contribution in [0.15, 0.2) is 39.9 Å². The van der Waals surface area contributed by atoms with Gasteiger partial charge in [-0.15, -0.1) is 0 Å². The van der Waals surface area contributed by atoms with E-state index in [4.69, 9.17) is 5.11 Å². The summed E-state index contributed by atoms with van der Waals surface area (Å²) >= 11 is 0. The minimum absolute atomic E-state index is 0.143. The number of rotatable bonds is 1. The molecule has 0 saturated heterocycles. The first-order valence-corrected chi connectivity index (χ1v) is 2.89. The molecule has 0 atom stereocenters. The lowest BCUT2D eigenvalue weighted by atomic mass is 10.3. The summed E-state index contributed by atoms with van der Waals surface area (Å²) in [4.78, 5) is 10.4. The molecule has 0 aromatic carbocycles. The zero-order valence-electron chi connectivity index (χ0n) is 5.56. The van der Waals surface area contributed by atoms with Crippen molar-refractivity contribution in [1.82, 2.24) is 0 Å². The van der Waals surface area contributed by atoms with E-state index < -0.39 is 5.97 Å². The van der Waals surface area contributed by atoms with Crippen molar-refractivity contribution < 1.29 is 19.1 Å². The third-order valence-electron chi connectivity index (χ3n) is 1.02. The number of carbonyl (C=O) groups is 1. The van der Waals surface area contributed by atoms with Gasteiger partial charge in [-0.3, -0.25) is 9.15 Å². The van der Waals surface area contributed by atoms with Crippen molar-refractivity contribution in [1.29, 1.82) is 0 Å². The average molecular weight is 154 g/mol. The second-order valence-electron chi connectivity index (χ2n) is 1.75. The minimum Gasteiger partial charge on any atom is -0.478 e. The molecule has 0 aliphatic rings. The molecule has 0 fully saturated rings. The molecule has 1 rings (SSSR count). The van der Waals surface area contributed by atoms with Gasteiger partial charge in [0.2, 0.25) is 0 Å². The summed E-state index contributed by atoms with van der Waals surface area (Å²) in [5.41, 5.74) is 0.143. The molecule has 0 aliphatic carbocycles. The summed E-state index contributed by atoms with van der Waals surface area (Å²) in [6.45, 7) is 0. The smallest absolute Gasteiger partial charge is 0.335 e. The van der Waals surface area contributed by atoms with E-state index in [-0.39, 0.29) is 5.56 Å². The van der Waals surface area contributed by atoms with E-state index in [0.717, 1.165) is 6.26 Å². The van der Waals surface area contributed by atoms with Gasteiger partial charge in [0.05, 0.1) is 5.56 Å². The predicted molar refractivity (Wildman–Crippen MR) is 35.6 cm³/mol. The van der Waals surface area contributed by atoms with Crippen LogP contribution in [0.3, 0.4) is 0 Å². The largest absolute Gasteiger partial charge is 0.478 e. The second kappa shape index (κ2) is 3.46. The van der Waals surface area contributed by atoms with Crippen LogP contribution in [0.25, 0.3) is 0 Å². The number of hydrogen-bond donors (Lipinski definition) is 1. The predicted octanol–water partition coefficient (Wildman–Crippen LogP) is 1.70. The van der Waals surface area contributed by atoms with E-state index in [2.05, 4.69) is 9.15 Å². The first-order chi connectivity index (χ1) is 5.30. The standard InChI is InChI=1S/C7H6O4/c8-7(9)6-2-1-4-10-11-5-3-6/h1-5H,(H,8,9). The molecule has 1 aromatic heterocycles. The van der Waals surface area contributed by atoms with Crippen LogP contribution in [-0.4, -0.2) is 11.1 Å². The van der Waals surface area contributed by atoms with Crippen LogP contribution in [0.2, 0.25) is 0 Å². The monoisotopic (exact) mass is 154 g/mol. The highest BCUT2D eigenvalue weighted by Gasteiger charge is 1.96. The van der Waals surface area contributed by atoms with Gasteiger partial charge in [-0.2, -0.15) is 0 Å². The molecule has 0 spiro atoms. The maximum absolute atomic E-state index is 10.4. The Hall–Kier alpha value is -1.71. The molecule has 0 amide bonds. The van der Waals surface area contributed by atoms with E-state index in [1.165, 1.54) is 24.5 Å². The number of carboxylic acid groups (broad SMARTS) is 1. The Kier molecular flexibility index (Phi) is 2.32. The molecular formula is C7H6O4. The molecule has 11 heavy (non-hydrogen) atoms. The molecule has 0 aliphatic heterocycles. The highest BCUT2D eigenvalue weighted by Crippen LogP contribution is 1.94. The van der Waals surface area contributed by atoms with Gasteiger partial charge < -0.3 is 5.11 Å². The lowest BCUT2D eigenvalue weighted by Gasteiger charge is -1.86. The fourth-order valence-corrected chi connectivity index (χ4v) is 0.538. The SMILES string of the molecule is O=C(O)c1cccoocc1. The van der Waals surface area contributed by atoms with Gasteiger partial charge in [-0.1, -0.05) is 0 Å². The fourth-order valence-electron chi connectivity index (χ4n) is 0.538. The molecule has 1 heterocycles. The lowest BCUT2D eigenvalue weighted by molar-refractivity contribution is 0.0473. The van der Waals surface area contributed by atoms with E-state index in [0.29, 0.717) is 0 Å². The third-order valence-corrected chi connectivity index (χ3v) is 1.02. The molecule has 1 N–H and O–H groups in total. The van der Waals surface area contributed by atoms with Crippen LogP contribution in [0, 0.1) is 0 Å². The Labute approximate surface area is 62.3 Å². The van der Waals surface area contributed by atoms with Crippen molar-refractivity contribution in [3.05, 3.63) is 36.3 Å². The first kappa shape index (κ1) is 7.40. The van der Waals surface area contributed by atoms with Gasteiger partial charge in [0.15, 0.2) is 0 Å². The van der Waals surface area contributed by atoms with Crippen molar-refractivity contribution in [3.63, 3.8) is 0 Å². The third kappa shape index (κ3) is 2.17. The highest BCUT2D eigenvalue weighted by molar-refractivity contribution is 5.87. The van der Waals surface area contributed by atoms with Gasteiger partial charge >= 0.3 is 5.97 Å². The Morgan fingerprint density at radius 3 is 2.73 bits per heavy atom. The maximum Gasteiger partial charge on any atom is 0.335 e. The van der Waals surface area contributed by atoms with Crippen LogP contribution in [0.1, 0.15) is 10.4 Å². The summed E-state index contributed by atoms with van der Waals surface area (Å²) in [7, 11) is 0. The quantitative estimate of drug-likeness (QED) is 0.625. The Balaban J connectivity index is 3.12. The second-order valence-corrected chi connectivity index (χ2v) is 1.75. The summed E-state index contributed by atoms with van der Waals surface area (Å²) < 4.78 is 8.78. The van der Waals surface area contributed by atoms with E-state index in [9.17, 15) is 4.79 Å². The van der Waals surface area contributed by atoms with E-state index in [1.54, 1.807) is 0 Å². The Bertz CT molecular complexity index is 263. The van der Waals surface area contributed by atoms with Gasteiger partial charge in [-0.25, -0.2) is 4.79 Å². The van der Waals surface area contributed by atoms with Crippen molar-refractivity contribution in [2.45, 2.75) is 0 Å². The lowest BCUT2D eigenvalue weighted by Crippen LogP contribution is -1.92. The van der Waals surface area contributed by atoms with E-state index >= 15 is 0 Å². The molecule has 4 nitrogen and oxygen atoms in total. The summed E-state index contributed by atoms with van der Waals surface area (Å²) in [5, 5.41) is 8.51. The topological polar surface area (TPSA) is 63.6 Å². The summed E-state index contributed by atoms with van der Waals surface area (Å²) in [6, 6.07) is 4.14. The van der Waals surface area contributed by atoms with Crippen molar-refractivity contribution in [3.8, 4) is 0 Å². The Morgan fingerprint density at radius 1 is 1.27 bits per heavy atom.